The highest BCUT2D eigenvalue weighted by Gasteiger charge is 2.32. The van der Waals surface area contributed by atoms with Crippen molar-refractivity contribution in [3.63, 3.8) is 0 Å². The smallest absolute Gasteiger partial charge is 0.287 e. The maximum absolute atomic E-state index is 13.5. The van der Waals surface area contributed by atoms with Crippen LogP contribution in [0.1, 0.15) is 47.8 Å². The molecule has 31 heavy (non-hydrogen) atoms. The maximum atomic E-state index is 13.5. The second kappa shape index (κ2) is 10.6. The molecule has 2 aromatic rings. The summed E-state index contributed by atoms with van der Waals surface area (Å²) in [5.41, 5.74) is 0.476. The molecule has 3 amide bonds. The Morgan fingerprint density at radius 1 is 1.19 bits per heavy atom. The SMILES string of the molecule is C=CCN(C(=O)CNC(=O)c1ccco1)[C@H](C(=O)NC1CCCC1)c1ccc(F)cc1. The van der Waals surface area contributed by atoms with Crippen LogP contribution in [0, 0.1) is 5.82 Å². The van der Waals surface area contributed by atoms with E-state index in [1.54, 1.807) is 6.07 Å². The summed E-state index contributed by atoms with van der Waals surface area (Å²) in [4.78, 5) is 39.6. The lowest BCUT2D eigenvalue weighted by atomic mass is 10.0. The quantitative estimate of drug-likeness (QED) is 0.602. The molecule has 7 nitrogen and oxygen atoms in total. The van der Waals surface area contributed by atoms with E-state index in [4.69, 9.17) is 4.42 Å². The normalized spacial score (nSPS) is 14.6. The van der Waals surface area contributed by atoms with Crippen LogP contribution in [0.2, 0.25) is 0 Å². The molecular formula is C23H26FN3O4. The summed E-state index contributed by atoms with van der Waals surface area (Å²) in [7, 11) is 0. The first-order valence-electron chi connectivity index (χ1n) is 10.3. The van der Waals surface area contributed by atoms with Gasteiger partial charge in [0.2, 0.25) is 11.8 Å². The van der Waals surface area contributed by atoms with Gasteiger partial charge >= 0.3 is 0 Å². The van der Waals surface area contributed by atoms with E-state index in [0.717, 1.165) is 25.7 Å². The van der Waals surface area contributed by atoms with Gasteiger partial charge in [0.25, 0.3) is 5.91 Å². The molecule has 0 radical (unpaired) electrons. The first-order valence-corrected chi connectivity index (χ1v) is 10.3. The molecule has 0 unspecified atom stereocenters. The molecule has 0 saturated heterocycles. The van der Waals surface area contributed by atoms with Gasteiger partial charge in [0.1, 0.15) is 11.9 Å². The number of hydrogen-bond donors (Lipinski definition) is 2. The van der Waals surface area contributed by atoms with E-state index in [1.807, 2.05) is 0 Å². The van der Waals surface area contributed by atoms with Crippen LogP contribution in [-0.4, -0.2) is 41.8 Å². The molecule has 3 rings (SSSR count). The molecule has 1 aliphatic carbocycles. The van der Waals surface area contributed by atoms with Crippen molar-refractivity contribution in [2.45, 2.75) is 37.8 Å². The van der Waals surface area contributed by atoms with E-state index >= 15 is 0 Å². The molecule has 1 saturated carbocycles. The topological polar surface area (TPSA) is 91.7 Å². The third-order valence-electron chi connectivity index (χ3n) is 5.24. The number of benzene rings is 1. The number of amides is 3. The van der Waals surface area contributed by atoms with Gasteiger partial charge in [0.15, 0.2) is 5.76 Å². The van der Waals surface area contributed by atoms with Gasteiger partial charge in [-0.25, -0.2) is 4.39 Å². The summed E-state index contributed by atoms with van der Waals surface area (Å²) in [6, 6.07) is 7.59. The molecule has 0 aliphatic heterocycles. The summed E-state index contributed by atoms with van der Waals surface area (Å²) >= 11 is 0. The Balaban J connectivity index is 1.80. The minimum absolute atomic E-state index is 0.0507. The minimum Gasteiger partial charge on any atom is -0.459 e. The first-order chi connectivity index (χ1) is 15.0. The lowest BCUT2D eigenvalue weighted by Gasteiger charge is -2.31. The molecular weight excluding hydrogens is 401 g/mol. The zero-order chi connectivity index (χ0) is 22.2. The van der Waals surface area contributed by atoms with Crippen molar-refractivity contribution in [2.24, 2.45) is 0 Å². The number of hydrogen-bond acceptors (Lipinski definition) is 4. The first kappa shape index (κ1) is 22.3. The largest absolute Gasteiger partial charge is 0.459 e. The van der Waals surface area contributed by atoms with Crippen molar-refractivity contribution in [2.75, 3.05) is 13.1 Å². The van der Waals surface area contributed by atoms with Crippen LogP contribution in [0.4, 0.5) is 4.39 Å². The molecule has 0 bridgehead atoms. The molecule has 1 aromatic carbocycles. The Labute approximate surface area is 180 Å². The van der Waals surface area contributed by atoms with Crippen molar-refractivity contribution < 1.29 is 23.2 Å². The predicted molar refractivity (Wildman–Crippen MR) is 112 cm³/mol. The molecule has 1 aromatic heterocycles. The number of nitrogens with one attached hydrogen (secondary N) is 2. The third kappa shape index (κ3) is 5.81. The van der Waals surface area contributed by atoms with E-state index in [1.165, 1.54) is 47.6 Å². The molecule has 164 valence electrons. The van der Waals surface area contributed by atoms with Crippen molar-refractivity contribution in [1.29, 1.82) is 0 Å². The number of rotatable bonds is 9. The Morgan fingerprint density at radius 3 is 2.52 bits per heavy atom. The average molecular weight is 427 g/mol. The second-order valence-corrected chi connectivity index (χ2v) is 7.44. The summed E-state index contributed by atoms with van der Waals surface area (Å²) in [5.74, 6) is -1.71. The Hall–Kier alpha value is -3.42. The molecule has 8 heteroatoms. The summed E-state index contributed by atoms with van der Waals surface area (Å²) < 4.78 is 18.5. The zero-order valence-corrected chi connectivity index (χ0v) is 17.2. The molecule has 1 atom stereocenters. The van der Waals surface area contributed by atoms with Crippen LogP contribution in [-0.2, 0) is 9.59 Å². The van der Waals surface area contributed by atoms with Crippen LogP contribution in [0.15, 0.2) is 59.7 Å². The van der Waals surface area contributed by atoms with Crippen molar-refractivity contribution in [3.05, 3.63) is 72.5 Å². The molecule has 1 aliphatic rings. The lowest BCUT2D eigenvalue weighted by molar-refractivity contribution is -0.139. The van der Waals surface area contributed by atoms with Crippen LogP contribution >= 0.6 is 0 Å². The number of nitrogens with zero attached hydrogens (tertiary/aromatic N) is 1. The van der Waals surface area contributed by atoms with E-state index in [0.29, 0.717) is 5.56 Å². The van der Waals surface area contributed by atoms with Gasteiger partial charge in [0.05, 0.1) is 12.8 Å². The molecule has 1 fully saturated rings. The van der Waals surface area contributed by atoms with Crippen LogP contribution in [0.5, 0.6) is 0 Å². The third-order valence-corrected chi connectivity index (χ3v) is 5.24. The van der Waals surface area contributed by atoms with Gasteiger partial charge in [-0.1, -0.05) is 31.1 Å². The Morgan fingerprint density at radius 2 is 1.90 bits per heavy atom. The Bertz CT molecular complexity index is 905. The highest BCUT2D eigenvalue weighted by molar-refractivity contribution is 5.95. The number of carbonyl (C=O) groups excluding carboxylic acids is 3. The van der Waals surface area contributed by atoms with E-state index in [9.17, 15) is 18.8 Å². The van der Waals surface area contributed by atoms with Gasteiger partial charge in [-0.05, 0) is 42.7 Å². The van der Waals surface area contributed by atoms with Crippen molar-refractivity contribution >= 4 is 17.7 Å². The standard InChI is InChI=1S/C23H26FN3O4/c1-2-13-27(20(28)15-25-22(29)19-8-5-14-31-19)21(16-9-11-17(24)12-10-16)23(30)26-18-6-3-4-7-18/h2,5,8-12,14,18,21H,1,3-4,6-7,13,15H2,(H,25,29)(H,26,30)/t21-/m0/s1. The van der Waals surface area contributed by atoms with E-state index < -0.39 is 23.7 Å². The second-order valence-electron chi connectivity index (χ2n) is 7.44. The maximum Gasteiger partial charge on any atom is 0.287 e. The number of halogens is 1. The highest BCUT2D eigenvalue weighted by atomic mass is 19.1. The van der Waals surface area contributed by atoms with Gasteiger partial charge < -0.3 is 20.0 Å². The minimum atomic E-state index is -0.979. The van der Waals surface area contributed by atoms with Crippen LogP contribution in [0.25, 0.3) is 0 Å². The van der Waals surface area contributed by atoms with Crippen LogP contribution in [0.3, 0.4) is 0 Å². The summed E-state index contributed by atoms with van der Waals surface area (Å²) in [5, 5.41) is 5.51. The molecule has 1 heterocycles. The predicted octanol–water partition coefficient (Wildman–Crippen LogP) is 2.96. The van der Waals surface area contributed by atoms with Gasteiger partial charge in [-0.3, -0.25) is 14.4 Å². The Kier molecular flexibility index (Phi) is 7.59. The fraction of sp³-hybridized carbons (Fsp3) is 0.348. The zero-order valence-electron chi connectivity index (χ0n) is 17.2. The van der Waals surface area contributed by atoms with E-state index in [2.05, 4.69) is 17.2 Å². The van der Waals surface area contributed by atoms with Gasteiger partial charge in [-0.15, -0.1) is 6.58 Å². The number of carbonyl (C=O) groups is 3. The van der Waals surface area contributed by atoms with Crippen molar-refractivity contribution in [3.8, 4) is 0 Å². The summed E-state index contributed by atoms with van der Waals surface area (Å²) in [6.45, 7) is 3.43. The van der Waals surface area contributed by atoms with Crippen LogP contribution < -0.4 is 10.6 Å². The lowest BCUT2D eigenvalue weighted by Crippen LogP contribution is -2.48. The average Bonchev–Trinajstić information content (AvgIpc) is 3.47. The van der Waals surface area contributed by atoms with Gasteiger partial charge in [0, 0.05) is 12.6 Å². The fourth-order valence-corrected chi connectivity index (χ4v) is 3.71. The monoisotopic (exact) mass is 427 g/mol. The van der Waals surface area contributed by atoms with Gasteiger partial charge in [-0.2, -0.15) is 0 Å². The van der Waals surface area contributed by atoms with Crippen molar-refractivity contribution in [1.82, 2.24) is 15.5 Å². The molecule has 2 N–H and O–H groups in total. The molecule has 0 spiro atoms. The summed E-state index contributed by atoms with van der Waals surface area (Å²) in [6.07, 6.45) is 6.72. The van der Waals surface area contributed by atoms with E-state index in [-0.39, 0.29) is 30.8 Å². The highest BCUT2D eigenvalue weighted by Crippen LogP contribution is 2.24. The fourth-order valence-electron chi connectivity index (χ4n) is 3.71. The number of furan rings is 1.